The summed E-state index contributed by atoms with van der Waals surface area (Å²) in [6.07, 6.45) is -1.59. The van der Waals surface area contributed by atoms with Crippen molar-refractivity contribution in [2.45, 2.75) is 44.3 Å². The van der Waals surface area contributed by atoms with Crippen molar-refractivity contribution >= 4 is 11.6 Å². The molecule has 1 aromatic rings. The van der Waals surface area contributed by atoms with Gasteiger partial charge in [-0.05, 0) is 32.1 Å². The van der Waals surface area contributed by atoms with Gasteiger partial charge >= 0.3 is 6.18 Å². The van der Waals surface area contributed by atoms with E-state index in [2.05, 4.69) is 10.3 Å². The Bertz CT molecular complexity index is 398. The highest BCUT2D eigenvalue weighted by Gasteiger charge is 2.40. The lowest BCUT2D eigenvalue weighted by Gasteiger charge is -2.18. The van der Waals surface area contributed by atoms with Crippen LogP contribution in [0.2, 0.25) is 0 Å². The molecule has 1 aliphatic rings. The van der Waals surface area contributed by atoms with Crippen molar-refractivity contribution in [3.05, 3.63) is 11.4 Å². The number of hydrogen-bond donors (Lipinski definition) is 0. The highest BCUT2D eigenvalue weighted by atomic mass is 35.5. The van der Waals surface area contributed by atoms with Gasteiger partial charge in [-0.2, -0.15) is 13.2 Å². The van der Waals surface area contributed by atoms with Crippen molar-refractivity contribution in [2.24, 2.45) is 5.92 Å². The molecule has 3 nitrogen and oxygen atoms in total. The van der Waals surface area contributed by atoms with E-state index in [-0.39, 0.29) is 5.88 Å². The number of alkyl halides is 4. The molecule has 96 valence electrons. The van der Waals surface area contributed by atoms with Crippen LogP contribution in [0, 0.1) is 5.92 Å². The van der Waals surface area contributed by atoms with E-state index in [4.69, 9.17) is 11.6 Å². The predicted octanol–water partition coefficient (Wildman–Crippen LogP) is 3.09. The minimum absolute atomic E-state index is 0.104. The van der Waals surface area contributed by atoms with Crippen LogP contribution in [0.4, 0.5) is 13.2 Å². The van der Waals surface area contributed by atoms with Crippen LogP contribution in [0.5, 0.6) is 0 Å². The quantitative estimate of drug-likeness (QED) is 0.785. The zero-order chi connectivity index (χ0) is 12.6. The third kappa shape index (κ3) is 2.73. The van der Waals surface area contributed by atoms with E-state index in [0.29, 0.717) is 23.7 Å². The predicted molar refractivity (Wildman–Crippen MR) is 56.8 cm³/mol. The number of aromatic nitrogens is 3. The van der Waals surface area contributed by atoms with E-state index >= 15 is 0 Å². The summed E-state index contributed by atoms with van der Waals surface area (Å²) in [6, 6.07) is -1.65. The van der Waals surface area contributed by atoms with Gasteiger partial charge in [-0.3, -0.25) is 0 Å². The van der Waals surface area contributed by atoms with Crippen LogP contribution in [0.15, 0.2) is 0 Å². The van der Waals surface area contributed by atoms with Gasteiger partial charge in [0.1, 0.15) is 11.7 Å². The molecule has 1 atom stereocenters. The van der Waals surface area contributed by atoms with Gasteiger partial charge in [0.05, 0.1) is 11.6 Å². The summed E-state index contributed by atoms with van der Waals surface area (Å²) in [4.78, 5) is 0. The van der Waals surface area contributed by atoms with Gasteiger partial charge in [-0.1, -0.05) is 5.21 Å². The molecule has 1 unspecified atom stereocenters. The Morgan fingerprint density at radius 3 is 2.59 bits per heavy atom. The first kappa shape index (κ1) is 12.7. The molecule has 1 saturated carbocycles. The Morgan fingerprint density at radius 1 is 1.47 bits per heavy atom. The van der Waals surface area contributed by atoms with E-state index in [9.17, 15) is 13.2 Å². The van der Waals surface area contributed by atoms with Gasteiger partial charge in [0.15, 0.2) is 0 Å². The molecule has 0 spiro atoms. The van der Waals surface area contributed by atoms with Crippen molar-refractivity contribution < 1.29 is 13.2 Å². The summed E-state index contributed by atoms with van der Waals surface area (Å²) in [5.41, 5.74) is 1.00. The molecule has 1 aromatic heterocycles. The van der Waals surface area contributed by atoms with Crippen molar-refractivity contribution in [3.8, 4) is 0 Å². The Morgan fingerprint density at radius 2 is 2.12 bits per heavy atom. The lowest BCUT2D eigenvalue weighted by molar-refractivity contribution is -0.166. The lowest BCUT2D eigenvalue weighted by Crippen LogP contribution is -2.26. The van der Waals surface area contributed by atoms with Crippen molar-refractivity contribution in [2.75, 3.05) is 0 Å². The second kappa shape index (κ2) is 4.48. The van der Waals surface area contributed by atoms with Crippen LogP contribution in [-0.4, -0.2) is 21.2 Å². The van der Waals surface area contributed by atoms with Gasteiger partial charge in [0, 0.05) is 0 Å². The van der Waals surface area contributed by atoms with Crippen molar-refractivity contribution in [1.29, 1.82) is 0 Å². The Kier molecular flexibility index (Phi) is 3.34. The fraction of sp³-hybridized carbons (Fsp3) is 0.800. The van der Waals surface area contributed by atoms with E-state index in [1.54, 1.807) is 0 Å². The normalized spacial score (nSPS) is 18.4. The van der Waals surface area contributed by atoms with E-state index in [1.165, 1.54) is 0 Å². The first-order chi connectivity index (χ1) is 7.93. The third-order valence-electron chi connectivity index (χ3n) is 3.02. The van der Waals surface area contributed by atoms with Crippen molar-refractivity contribution in [1.82, 2.24) is 15.0 Å². The number of nitrogens with zero attached hydrogens (tertiary/aromatic N) is 3. The zero-order valence-corrected chi connectivity index (χ0v) is 10.1. The molecule has 0 N–H and O–H groups in total. The summed E-state index contributed by atoms with van der Waals surface area (Å²) in [7, 11) is 0. The number of hydrogen-bond acceptors (Lipinski definition) is 2. The lowest BCUT2D eigenvalue weighted by atomic mass is 10.1. The maximum absolute atomic E-state index is 12.7. The van der Waals surface area contributed by atoms with E-state index in [1.807, 2.05) is 0 Å². The summed E-state index contributed by atoms with van der Waals surface area (Å²) >= 11 is 5.67. The third-order valence-corrected chi connectivity index (χ3v) is 3.27. The van der Waals surface area contributed by atoms with Crippen LogP contribution in [-0.2, 0) is 12.3 Å². The van der Waals surface area contributed by atoms with Gasteiger partial charge < -0.3 is 0 Å². The molecule has 0 bridgehead atoms. The molecule has 1 aliphatic carbocycles. The molecule has 0 radical (unpaired) electrons. The topological polar surface area (TPSA) is 30.7 Å². The summed E-state index contributed by atoms with van der Waals surface area (Å²) < 4.78 is 38.9. The average Bonchev–Trinajstić information content (AvgIpc) is 2.95. The molecule has 1 heterocycles. The molecule has 17 heavy (non-hydrogen) atoms. The van der Waals surface area contributed by atoms with E-state index < -0.39 is 12.2 Å². The highest BCUT2D eigenvalue weighted by molar-refractivity contribution is 6.16. The second-order valence-electron chi connectivity index (χ2n) is 4.43. The van der Waals surface area contributed by atoms with Crippen LogP contribution < -0.4 is 0 Å². The van der Waals surface area contributed by atoms with Crippen LogP contribution in [0.25, 0.3) is 0 Å². The fourth-order valence-corrected chi connectivity index (χ4v) is 1.91. The van der Waals surface area contributed by atoms with Gasteiger partial charge in [0.2, 0.25) is 0 Å². The number of rotatable bonds is 4. The monoisotopic (exact) mass is 267 g/mol. The Balaban J connectivity index is 2.28. The largest absolute Gasteiger partial charge is 0.410 e. The minimum atomic E-state index is -4.31. The maximum atomic E-state index is 12.7. The molecule has 2 rings (SSSR count). The zero-order valence-electron chi connectivity index (χ0n) is 9.34. The molecule has 0 aromatic carbocycles. The second-order valence-corrected chi connectivity index (χ2v) is 4.69. The summed E-state index contributed by atoms with van der Waals surface area (Å²) in [5.74, 6) is 0.571. The molecule has 7 heteroatoms. The van der Waals surface area contributed by atoms with Gasteiger partial charge in [-0.15, -0.1) is 16.7 Å². The van der Waals surface area contributed by atoms with Crippen LogP contribution >= 0.6 is 11.6 Å². The first-order valence-electron chi connectivity index (χ1n) is 5.49. The van der Waals surface area contributed by atoms with Gasteiger partial charge in [0.25, 0.3) is 0 Å². The summed E-state index contributed by atoms with van der Waals surface area (Å²) in [5, 5.41) is 7.33. The average molecular weight is 268 g/mol. The maximum Gasteiger partial charge on any atom is 0.410 e. The Labute approximate surface area is 102 Å². The summed E-state index contributed by atoms with van der Waals surface area (Å²) in [6.45, 7) is 1.09. The van der Waals surface area contributed by atoms with Crippen LogP contribution in [0.3, 0.4) is 0 Å². The minimum Gasteiger partial charge on any atom is -0.237 e. The smallest absolute Gasteiger partial charge is 0.237 e. The number of halogens is 4. The highest BCUT2D eigenvalue weighted by Crippen LogP contribution is 2.36. The fourth-order valence-electron chi connectivity index (χ4n) is 1.71. The SMILES string of the molecule is CC(n1nnc(CCl)c1CC1CC1)C(F)(F)F. The van der Waals surface area contributed by atoms with Crippen LogP contribution in [0.1, 0.15) is 37.2 Å². The standard InChI is InChI=1S/C10H13ClF3N3/c1-6(10(12,13)14)17-9(4-7-2-3-7)8(5-11)15-16-17/h6-7H,2-5H2,1H3. The molecular weight excluding hydrogens is 255 g/mol. The molecule has 1 fully saturated rings. The molecule has 0 saturated heterocycles. The van der Waals surface area contributed by atoms with E-state index in [0.717, 1.165) is 24.4 Å². The molecule has 0 amide bonds. The Hall–Kier alpha value is -0.780. The van der Waals surface area contributed by atoms with Gasteiger partial charge in [-0.25, -0.2) is 4.68 Å². The molecular formula is C10H13ClF3N3. The van der Waals surface area contributed by atoms with Crippen molar-refractivity contribution in [3.63, 3.8) is 0 Å². The molecule has 0 aliphatic heterocycles. The first-order valence-corrected chi connectivity index (χ1v) is 6.02.